The summed E-state index contributed by atoms with van der Waals surface area (Å²) in [6.07, 6.45) is 1.59. The third-order valence-electron chi connectivity index (χ3n) is 3.18. The summed E-state index contributed by atoms with van der Waals surface area (Å²) in [4.78, 5) is 5.54. The summed E-state index contributed by atoms with van der Waals surface area (Å²) in [6, 6.07) is 15.6. The molecule has 0 saturated carbocycles. The monoisotopic (exact) mass is 299 g/mol. The minimum atomic E-state index is 0.250. The lowest BCUT2D eigenvalue weighted by molar-refractivity contribution is 0.0632. The highest BCUT2D eigenvalue weighted by molar-refractivity contribution is 5.65. The second kappa shape index (κ2) is 6.87. The van der Waals surface area contributed by atoms with Crippen LogP contribution in [0.1, 0.15) is 11.1 Å². The average molecular weight is 299 g/mol. The lowest BCUT2D eigenvalue weighted by Gasteiger charge is -2.11. The van der Waals surface area contributed by atoms with E-state index in [-0.39, 0.29) is 6.79 Å². The van der Waals surface area contributed by atoms with Gasteiger partial charge in [0.1, 0.15) is 12.0 Å². The van der Waals surface area contributed by atoms with Crippen molar-refractivity contribution in [2.24, 2.45) is 0 Å². The van der Waals surface area contributed by atoms with E-state index in [2.05, 4.69) is 5.48 Å². The van der Waals surface area contributed by atoms with Gasteiger partial charge in [-0.2, -0.15) is 0 Å². The Morgan fingerprint density at radius 1 is 1.14 bits per heavy atom. The topological polar surface area (TPSA) is 49.0 Å². The zero-order valence-corrected chi connectivity index (χ0v) is 12.2. The molecule has 0 saturated heterocycles. The summed E-state index contributed by atoms with van der Waals surface area (Å²) < 4.78 is 15.8. The molecule has 1 N–H and O–H groups in total. The summed E-state index contributed by atoms with van der Waals surface area (Å²) in [7, 11) is 1.59. The van der Waals surface area contributed by atoms with Gasteiger partial charge in [-0.3, -0.25) is 10.3 Å². The first-order valence-electron chi connectivity index (χ1n) is 6.91. The molecule has 0 aromatic heterocycles. The molecule has 5 nitrogen and oxygen atoms in total. The van der Waals surface area contributed by atoms with Gasteiger partial charge >= 0.3 is 0 Å². The van der Waals surface area contributed by atoms with Crippen LogP contribution in [0.25, 0.3) is 5.70 Å². The average Bonchev–Trinajstić information content (AvgIpc) is 3.02. The molecule has 1 aliphatic heterocycles. The van der Waals surface area contributed by atoms with Gasteiger partial charge in [-0.05, 0) is 23.8 Å². The van der Waals surface area contributed by atoms with Gasteiger partial charge in [0.2, 0.25) is 6.79 Å². The van der Waals surface area contributed by atoms with Crippen molar-refractivity contribution < 1.29 is 19.0 Å². The van der Waals surface area contributed by atoms with Gasteiger partial charge in [-0.1, -0.05) is 30.3 Å². The SMILES string of the molecule is COC=C(NOCc1ccccc1)c1ccc2c(c1)OCO2. The molecule has 0 spiro atoms. The van der Waals surface area contributed by atoms with E-state index in [0.717, 1.165) is 16.9 Å². The predicted molar refractivity (Wildman–Crippen MR) is 81.9 cm³/mol. The molecule has 2 aromatic rings. The van der Waals surface area contributed by atoms with E-state index in [9.17, 15) is 0 Å². The largest absolute Gasteiger partial charge is 0.502 e. The molecule has 0 radical (unpaired) electrons. The van der Waals surface area contributed by atoms with Crippen LogP contribution >= 0.6 is 0 Å². The molecule has 0 fully saturated rings. The maximum Gasteiger partial charge on any atom is 0.231 e. The molecule has 1 aliphatic rings. The number of hydrogen-bond donors (Lipinski definition) is 1. The van der Waals surface area contributed by atoms with Gasteiger partial charge in [0, 0.05) is 5.56 Å². The zero-order valence-electron chi connectivity index (χ0n) is 12.2. The Labute approximate surface area is 129 Å². The van der Waals surface area contributed by atoms with Crippen LogP contribution < -0.4 is 15.0 Å². The van der Waals surface area contributed by atoms with E-state index < -0.39 is 0 Å². The molecular weight excluding hydrogens is 282 g/mol. The van der Waals surface area contributed by atoms with Gasteiger partial charge in [0.05, 0.1) is 13.7 Å². The quantitative estimate of drug-likeness (QED) is 0.656. The molecule has 0 unspecified atom stereocenters. The number of nitrogens with one attached hydrogen (secondary N) is 1. The second-order valence-corrected chi connectivity index (χ2v) is 4.71. The maximum absolute atomic E-state index is 5.54. The van der Waals surface area contributed by atoms with Gasteiger partial charge in [0.25, 0.3) is 0 Å². The Bertz CT molecular complexity index is 655. The maximum atomic E-state index is 5.54. The van der Waals surface area contributed by atoms with Crippen LogP contribution in [0.4, 0.5) is 0 Å². The Hall–Kier alpha value is -2.66. The van der Waals surface area contributed by atoms with Crippen molar-refractivity contribution in [1.29, 1.82) is 0 Å². The summed E-state index contributed by atoms with van der Waals surface area (Å²) in [5, 5.41) is 0. The van der Waals surface area contributed by atoms with Crippen molar-refractivity contribution in [3.63, 3.8) is 0 Å². The first kappa shape index (κ1) is 14.3. The highest BCUT2D eigenvalue weighted by atomic mass is 16.7. The number of hydroxylamine groups is 1. The van der Waals surface area contributed by atoms with Crippen molar-refractivity contribution in [3.8, 4) is 11.5 Å². The Kier molecular flexibility index (Phi) is 4.46. The van der Waals surface area contributed by atoms with Crippen LogP contribution in [-0.2, 0) is 16.2 Å². The number of ether oxygens (including phenoxy) is 3. The smallest absolute Gasteiger partial charge is 0.231 e. The predicted octanol–water partition coefficient (Wildman–Crippen LogP) is 3.08. The minimum absolute atomic E-state index is 0.250. The molecule has 2 aromatic carbocycles. The van der Waals surface area contributed by atoms with E-state index in [4.69, 9.17) is 19.0 Å². The fourth-order valence-corrected chi connectivity index (χ4v) is 2.10. The van der Waals surface area contributed by atoms with Crippen LogP contribution in [0.15, 0.2) is 54.8 Å². The van der Waals surface area contributed by atoms with E-state index in [0.29, 0.717) is 18.1 Å². The molecule has 3 rings (SSSR count). The summed E-state index contributed by atoms with van der Waals surface area (Å²) in [6.45, 7) is 0.701. The Morgan fingerprint density at radius 3 is 2.77 bits per heavy atom. The van der Waals surface area contributed by atoms with Gasteiger partial charge in [0.15, 0.2) is 11.5 Å². The normalized spacial score (nSPS) is 13.0. The highest BCUT2D eigenvalue weighted by Gasteiger charge is 2.15. The van der Waals surface area contributed by atoms with Crippen LogP contribution in [0.2, 0.25) is 0 Å². The Balaban J connectivity index is 1.67. The van der Waals surface area contributed by atoms with Crippen molar-refractivity contribution in [3.05, 3.63) is 65.9 Å². The second-order valence-electron chi connectivity index (χ2n) is 4.71. The van der Waals surface area contributed by atoms with E-state index in [1.54, 1.807) is 13.4 Å². The van der Waals surface area contributed by atoms with Gasteiger partial charge < -0.3 is 14.2 Å². The lowest BCUT2D eigenvalue weighted by atomic mass is 10.1. The molecule has 22 heavy (non-hydrogen) atoms. The van der Waals surface area contributed by atoms with Gasteiger partial charge in [-0.25, -0.2) is 0 Å². The van der Waals surface area contributed by atoms with Crippen molar-refractivity contribution in [2.45, 2.75) is 6.61 Å². The minimum Gasteiger partial charge on any atom is -0.502 e. The molecular formula is C17H17NO4. The van der Waals surface area contributed by atoms with Crippen LogP contribution in [0.3, 0.4) is 0 Å². The number of fused-ring (bicyclic) bond motifs is 1. The molecule has 1 heterocycles. The van der Waals surface area contributed by atoms with Crippen LogP contribution in [-0.4, -0.2) is 13.9 Å². The number of hydrogen-bond acceptors (Lipinski definition) is 5. The van der Waals surface area contributed by atoms with E-state index in [1.165, 1.54) is 0 Å². The summed E-state index contributed by atoms with van der Waals surface area (Å²) >= 11 is 0. The van der Waals surface area contributed by atoms with Crippen molar-refractivity contribution in [1.82, 2.24) is 5.48 Å². The van der Waals surface area contributed by atoms with Gasteiger partial charge in [-0.15, -0.1) is 0 Å². The first-order chi connectivity index (χ1) is 10.9. The molecule has 0 aliphatic carbocycles. The van der Waals surface area contributed by atoms with Crippen LogP contribution in [0.5, 0.6) is 11.5 Å². The fraction of sp³-hybridized carbons (Fsp3) is 0.176. The number of benzene rings is 2. The third-order valence-corrected chi connectivity index (χ3v) is 3.18. The fourth-order valence-electron chi connectivity index (χ4n) is 2.10. The van der Waals surface area contributed by atoms with Crippen LogP contribution in [0, 0.1) is 0 Å². The Morgan fingerprint density at radius 2 is 1.95 bits per heavy atom. The molecule has 114 valence electrons. The van der Waals surface area contributed by atoms with Crippen molar-refractivity contribution >= 4 is 5.70 Å². The molecule has 5 heteroatoms. The molecule has 0 atom stereocenters. The summed E-state index contributed by atoms with van der Waals surface area (Å²) in [5.74, 6) is 1.45. The molecule has 0 amide bonds. The van der Waals surface area contributed by atoms with Crippen molar-refractivity contribution in [2.75, 3.05) is 13.9 Å². The number of rotatable bonds is 6. The van der Waals surface area contributed by atoms with E-state index in [1.807, 2.05) is 48.5 Å². The zero-order chi connectivity index (χ0) is 15.2. The third kappa shape index (κ3) is 3.32. The highest BCUT2D eigenvalue weighted by Crippen LogP contribution is 2.34. The molecule has 0 bridgehead atoms. The standard InChI is InChI=1S/C17H17NO4/c1-19-11-15(18-22-10-13-5-3-2-4-6-13)14-7-8-16-17(9-14)21-12-20-16/h2-9,11,18H,10,12H2,1H3. The lowest BCUT2D eigenvalue weighted by Crippen LogP contribution is -2.13. The summed E-state index contributed by atoms with van der Waals surface area (Å²) in [5.41, 5.74) is 5.59. The first-order valence-corrected chi connectivity index (χ1v) is 6.91. The van der Waals surface area contributed by atoms with E-state index >= 15 is 0 Å². The number of methoxy groups -OCH3 is 1.